The van der Waals surface area contributed by atoms with Crippen molar-refractivity contribution >= 4 is 9.84 Å². The van der Waals surface area contributed by atoms with Crippen LogP contribution in [0, 0.1) is 13.8 Å². The van der Waals surface area contributed by atoms with Gasteiger partial charge in [-0.2, -0.15) is 0 Å². The normalized spacial score (nSPS) is 23.8. The molecule has 1 aromatic heterocycles. The van der Waals surface area contributed by atoms with E-state index in [2.05, 4.69) is 10.3 Å². The number of sulfone groups is 1. The van der Waals surface area contributed by atoms with Crippen molar-refractivity contribution in [3.05, 3.63) is 17.3 Å². The lowest BCUT2D eigenvalue weighted by molar-refractivity contribution is 0.430. The molecule has 2 rings (SSSR count). The molecule has 1 unspecified atom stereocenters. The zero-order valence-electron chi connectivity index (χ0n) is 9.49. The van der Waals surface area contributed by atoms with Gasteiger partial charge in [0.2, 0.25) is 5.89 Å². The molecule has 1 aliphatic heterocycles. The van der Waals surface area contributed by atoms with E-state index in [1.54, 1.807) is 0 Å². The summed E-state index contributed by atoms with van der Waals surface area (Å²) in [6.45, 7) is 4.25. The van der Waals surface area contributed by atoms with Crippen molar-refractivity contribution in [1.82, 2.24) is 10.3 Å². The van der Waals surface area contributed by atoms with Crippen LogP contribution in [0.25, 0.3) is 0 Å². The number of aromatic nitrogens is 1. The van der Waals surface area contributed by atoms with Crippen LogP contribution < -0.4 is 5.32 Å². The molecule has 1 saturated heterocycles. The number of rotatable bonds is 3. The minimum atomic E-state index is -2.82. The van der Waals surface area contributed by atoms with Gasteiger partial charge in [0.05, 0.1) is 23.7 Å². The zero-order valence-corrected chi connectivity index (χ0v) is 10.3. The average molecular weight is 244 g/mol. The van der Waals surface area contributed by atoms with Crippen LogP contribution in [-0.2, 0) is 16.4 Å². The molecule has 0 bridgehead atoms. The molecule has 1 aliphatic rings. The maximum Gasteiger partial charge on any atom is 0.208 e. The molecule has 5 nitrogen and oxygen atoms in total. The molecule has 0 saturated carbocycles. The van der Waals surface area contributed by atoms with E-state index in [0.717, 1.165) is 11.5 Å². The number of hydrogen-bond acceptors (Lipinski definition) is 5. The number of nitrogens with one attached hydrogen (secondary N) is 1. The summed E-state index contributed by atoms with van der Waals surface area (Å²) in [7, 11) is -2.82. The van der Waals surface area contributed by atoms with E-state index in [9.17, 15) is 8.42 Å². The Morgan fingerprint density at radius 1 is 1.50 bits per heavy atom. The molecular weight excluding hydrogens is 228 g/mol. The summed E-state index contributed by atoms with van der Waals surface area (Å²) in [5.41, 5.74) is 0.885. The third-order valence-corrected chi connectivity index (χ3v) is 4.62. The van der Waals surface area contributed by atoms with Crippen LogP contribution in [-0.4, -0.2) is 30.9 Å². The molecule has 0 radical (unpaired) electrons. The SMILES string of the molecule is Cc1nc(CNC2CCS(=O)(=O)C2)oc1C. The Kier molecular flexibility index (Phi) is 3.03. The van der Waals surface area contributed by atoms with Crippen molar-refractivity contribution in [3.63, 3.8) is 0 Å². The van der Waals surface area contributed by atoms with Crippen molar-refractivity contribution < 1.29 is 12.8 Å². The highest BCUT2D eigenvalue weighted by atomic mass is 32.2. The van der Waals surface area contributed by atoms with E-state index in [-0.39, 0.29) is 17.5 Å². The molecule has 16 heavy (non-hydrogen) atoms. The molecule has 1 aromatic rings. The van der Waals surface area contributed by atoms with Crippen LogP contribution in [0.4, 0.5) is 0 Å². The first-order valence-corrected chi connectivity index (χ1v) is 7.15. The zero-order chi connectivity index (χ0) is 11.8. The molecule has 1 N–H and O–H groups in total. The summed E-state index contributed by atoms with van der Waals surface area (Å²) in [6, 6.07) is 0.0394. The van der Waals surface area contributed by atoms with E-state index in [1.807, 2.05) is 13.8 Å². The maximum absolute atomic E-state index is 11.2. The lowest BCUT2D eigenvalue weighted by Gasteiger charge is -2.07. The van der Waals surface area contributed by atoms with Gasteiger partial charge in [-0.15, -0.1) is 0 Å². The van der Waals surface area contributed by atoms with Gasteiger partial charge in [-0.25, -0.2) is 13.4 Å². The third kappa shape index (κ3) is 2.62. The van der Waals surface area contributed by atoms with Crippen LogP contribution in [0.3, 0.4) is 0 Å². The minimum Gasteiger partial charge on any atom is -0.444 e. The summed E-state index contributed by atoms with van der Waals surface area (Å²) in [5, 5.41) is 3.16. The number of aryl methyl sites for hydroxylation is 2. The molecule has 6 heteroatoms. The Morgan fingerprint density at radius 2 is 2.25 bits per heavy atom. The molecule has 0 spiro atoms. The summed E-state index contributed by atoms with van der Waals surface area (Å²) < 4.78 is 27.9. The molecule has 1 atom stereocenters. The standard InChI is InChI=1S/C10H16N2O3S/c1-7-8(2)15-10(12-7)5-11-9-3-4-16(13,14)6-9/h9,11H,3-6H2,1-2H3. The van der Waals surface area contributed by atoms with Gasteiger partial charge in [0.25, 0.3) is 0 Å². The topological polar surface area (TPSA) is 72.2 Å². The second kappa shape index (κ2) is 4.18. The second-order valence-corrected chi connectivity index (χ2v) is 6.46. The Morgan fingerprint density at radius 3 is 2.75 bits per heavy atom. The fourth-order valence-corrected chi connectivity index (χ4v) is 3.51. The van der Waals surface area contributed by atoms with Crippen LogP contribution in [0.15, 0.2) is 4.42 Å². The molecule has 0 aromatic carbocycles. The van der Waals surface area contributed by atoms with Gasteiger partial charge in [0.1, 0.15) is 5.76 Å². The van der Waals surface area contributed by atoms with Crippen molar-refractivity contribution in [2.45, 2.75) is 32.9 Å². The van der Waals surface area contributed by atoms with Gasteiger partial charge in [0.15, 0.2) is 9.84 Å². The van der Waals surface area contributed by atoms with Crippen LogP contribution in [0.5, 0.6) is 0 Å². The number of hydrogen-bond donors (Lipinski definition) is 1. The Balaban J connectivity index is 1.89. The predicted octanol–water partition coefficient (Wildman–Crippen LogP) is 0.568. The van der Waals surface area contributed by atoms with Gasteiger partial charge >= 0.3 is 0 Å². The van der Waals surface area contributed by atoms with Crippen LogP contribution in [0.2, 0.25) is 0 Å². The molecule has 0 aliphatic carbocycles. The molecule has 0 amide bonds. The van der Waals surface area contributed by atoms with E-state index < -0.39 is 9.84 Å². The minimum absolute atomic E-state index is 0.0394. The summed E-state index contributed by atoms with van der Waals surface area (Å²) in [4.78, 5) is 4.23. The first-order valence-electron chi connectivity index (χ1n) is 5.33. The van der Waals surface area contributed by atoms with Gasteiger partial charge in [-0.3, -0.25) is 0 Å². The lowest BCUT2D eigenvalue weighted by atomic mass is 10.3. The largest absolute Gasteiger partial charge is 0.444 e. The first-order chi connectivity index (χ1) is 7.46. The fourth-order valence-electron chi connectivity index (χ4n) is 1.80. The molecular formula is C10H16N2O3S. The number of nitrogens with zero attached hydrogens (tertiary/aromatic N) is 1. The maximum atomic E-state index is 11.2. The fraction of sp³-hybridized carbons (Fsp3) is 0.700. The highest BCUT2D eigenvalue weighted by Crippen LogP contribution is 2.13. The second-order valence-electron chi connectivity index (χ2n) is 4.23. The van der Waals surface area contributed by atoms with Crippen LogP contribution in [0.1, 0.15) is 23.8 Å². The summed E-state index contributed by atoms with van der Waals surface area (Å²) in [5.74, 6) is 1.95. The first kappa shape index (κ1) is 11.6. The highest BCUT2D eigenvalue weighted by molar-refractivity contribution is 7.91. The van der Waals surface area contributed by atoms with E-state index in [0.29, 0.717) is 18.9 Å². The molecule has 2 heterocycles. The van der Waals surface area contributed by atoms with E-state index in [4.69, 9.17) is 4.42 Å². The predicted molar refractivity (Wildman–Crippen MR) is 59.9 cm³/mol. The molecule has 90 valence electrons. The summed E-state index contributed by atoms with van der Waals surface area (Å²) >= 11 is 0. The third-order valence-electron chi connectivity index (χ3n) is 2.85. The quantitative estimate of drug-likeness (QED) is 0.841. The van der Waals surface area contributed by atoms with Gasteiger partial charge in [-0.1, -0.05) is 0 Å². The van der Waals surface area contributed by atoms with Crippen molar-refractivity contribution in [1.29, 1.82) is 0 Å². The number of oxazole rings is 1. The van der Waals surface area contributed by atoms with Gasteiger partial charge in [-0.05, 0) is 20.3 Å². The monoisotopic (exact) mass is 244 g/mol. The van der Waals surface area contributed by atoms with Crippen LogP contribution >= 0.6 is 0 Å². The Hall–Kier alpha value is -0.880. The van der Waals surface area contributed by atoms with Gasteiger partial charge in [0, 0.05) is 6.04 Å². The van der Waals surface area contributed by atoms with Crippen molar-refractivity contribution in [3.8, 4) is 0 Å². The molecule has 1 fully saturated rings. The Labute approximate surface area is 95.2 Å². The highest BCUT2D eigenvalue weighted by Gasteiger charge is 2.27. The summed E-state index contributed by atoms with van der Waals surface area (Å²) in [6.07, 6.45) is 0.682. The van der Waals surface area contributed by atoms with Crippen molar-refractivity contribution in [2.75, 3.05) is 11.5 Å². The smallest absolute Gasteiger partial charge is 0.208 e. The van der Waals surface area contributed by atoms with Crippen molar-refractivity contribution in [2.24, 2.45) is 0 Å². The Bertz CT molecular complexity index is 459. The van der Waals surface area contributed by atoms with E-state index in [1.165, 1.54) is 0 Å². The average Bonchev–Trinajstić information content (AvgIpc) is 2.68. The van der Waals surface area contributed by atoms with E-state index >= 15 is 0 Å². The van der Waals surface area contributed by atoms with Gasteiger partial charge < -0.3 is 9.73 Å². The lowest BCUT2D eigenvalue weighted by Crippen LogP contribution is -2.29.